The van der Waals surface area contributed by atoms with E-state index in [0.29, 0.717) is 12.1 Å². The average Bonchev–Trinajstić information content (AvgIpc) is 2.45. The maximum atomic E-state index is 6.02. The van der Waals surface area contributed by atoms with E-state index in [2.05, 4.69) is 12.2 Å². The average molecular weight is 253 g/mol. The summed E-state index contributed by atoms with van der Waals surface area (Å²) < 4.78 is 6.02. The van der Waals surface area contributed by atoms with Crippen LogP contribution in [-0.2, 0) is 4.74 Å². The molecule has 1 saturated carbocycles. The molecule has 2 atom stereocenters. The van der Waals surface area contributed by atoms with Gasteiger partial charge in [-0.25, -0.2) is 0 Å². The summed E-state index contributed by atoms with van der Waals surface area (Å²) >= 11 is 0. The number of rotatable bonds is 6. The molecule has 2 aliphatic rings. The van der Waals surface area contributed by atoms with Crippen molar-refractivity contribution in [3.63, 3.8) is 0 Å². The van der Waals surface area contributed by atoms with E-state index in [1.54, 1.807) is 0 Å². The highest BCUT2D eigenvalue weighted by atomic mass is 16.5. The lowest BCUT2D eigenvalue weighted by molar-refractivity contribution is -0.0137. The SMILES string of the molecule is CCCNC(CC1CCCCC1)C1CCCCO1. The lowest BCUT2D eigenvalue weighted by Gasteiger charge is -2.34. The molecule has 2 heteroatoms. The van der Waals surface area contributed by atoms with Gasteiger partial charge in [0.1, 0.15) is 0 Å². The van der Waals surface area contributed by atoms with Crippen LogP contribution in [0.5, 0.6) is 0 Å². The van der Waals surface area contributed by atoms with Gasteiger partial charge in [0.25, 0.3) is 0 Å². The van der Waals surface area contributed by atoms with Gasteiger partial charge in [0.2, 0.25) is 0 Å². The third-order valence-electron chi connectivity index (χ3n) is 4.63. The van der Waals surface area contributed by atoms with Crippen LogP contribution in [0.4, 0.5) is 0 Å². The minimum atomic E-state index is 0.493. The summed E-state index contributed by atoms with van der Waals surface area (Å²) in [4.78, 5) is 0. The smallest absolute Gasteiger partial charge is 0.0728 e. The molecule has 2 fully saturated rings. The van der Waals surface area contributed by atoms with Crippen LogP contribution in [0.25, 0.3) is 0 Å². The Morgan fingerprint density at radius 1 is 1.06 bits per heavy atom. The number of hydrogen-bond acceptors (Lipinski definition) is 2. The molecule has 0 spiro atoms. The Balaban J connectivity index is 1.82. The first-order chi connectivity index (χ1) is 8.90. The molecule has 0 radical (unpaired) electrons. The van der Waals surface area contributed by atoms with Gasteiger partial charge in [-0.3, -0.25) is 0 Å². The molecule has 0 aromatic rings. The maximum Gasteiger partial charge on any atom is 0.0728 e. The van der Waals surface area contributed by atoms with Crippen molar-refractivity contribution in [2.75, 3.05) is 13.2 Å². The highest BCUT2D eigenvalue weighted by Crippen LogP contribution is 2.29. The molecule has 1 aliphatic carbocycles. The van der Waals surface area contributed by atoms with Gasteiger partial charge in [0.15, 0.2) is 0 Å². The minimum Gasteiger partial charge on any atom is -0.377 e. The summed E-state index contributed by atoms with van der Waals surface area (Å²) in [5.41, 5.74) is 0. The van der Waals surface area contributed by atoms with Gasteiger partial charge >= 0.3 is 0 Å². The van der Waals surface area contributed by atoms with Crippen LogP contribution in [0.1, 0.15) is 71.1 Å². The quantitative estimate of drug-likeness (QED) is 0.775. The van der Waals surface area contributed by atoms with Crippen molar-refractivity contribution in [1.82, 2.24) is 5.32 Å². The first-order valence-electron chi connectivity index (χ1n) is 8.25. The largest absolute Gasteiger partial charge is 0.377 e. The van der Waals surface area contributed by atoms with Crippen molar-refractivity contribution in [3.8, 4) is 0 Å². The maximum absolute atomic E-state index is 6.02. The van der Waals surface area contributed by atoms with E-state index >= 15 is 0 Å². The Labute approximate surface area is 113 Å². The molecular weight excluding hydrogens is 222 g/mol. The van der Waals surface area contributed by atoms with Crippen LogP contribution in [-0.4, -0.2) is 25.3 Å². The second kappa shape index (κ2) is 8.16. The van der Waals surface area contributed by atoms with Gasteiger partial charge in [0.05, 0.1) is 6.10 Å². The molecule has 0 amide bonds. The normalized spacial score (nSPS) is 28.2. The molecule has 0 bridgehead atoms. The lowest BCUT2D eigenvalue weighted by atomic mass is 9.83. The van der Waals surface area contributed by atoms with Crippen LogP contribution in [0.15, 0.2) is 0 Å². The number of ether oxygens (including phenoxy) is 1. The predicted octanol–water partition coefficient (Wildman–Crippen LogP) is 3.89. The Hall–Kier alpha value is -0.0800. The Bertz CT molecular complexity index is 207. The lowest BCUT2D eigenvalue weighted by Crippen LogP contribution is -2.44. The molecule has 1 aliphatic heterocycles. The van der Waals surface area contributed by atoms with Crippen LogP contribution in [0, 0.1) is 5.92 Å². The fraction of sp³-hybridized carbons (Fsp3) is 1.00. The highest BCUT2D eigenvalue weighted by molar-refractivity contribution is 4.83. The molecule has 18 heavy (non-hydrogen) atoms. The van der Waals surface area contributed by atoms with Gasteiger partial charge in [0, 0.05) is 12.6 Å². The van der Waals surface area contributed by atoms with E-state index in [1.165, 1.54) is 64.2 Å². The molecule has 2 rings (SSSR count). The molecule has 106 valence electrons. The molecule has 1 saturated heterocycles. The third-order valence-corrected chi connectivity index (χ3v) is 4.63. The van der Waals surface area contributed by atoms with Crippen molar-refractivity contribution in [1.29, 1.82) is 0 Å². The van der Waals surface area contributed by atoms with E-state index < -0.39 is 0 Å². The minimum absolute atomic E-state index is 0.493. The van der Waals surface area contributed by atoms with Gasteiger partial charge in [-0.2, -0.15) is 0 Å². The Morgan fingerprint density at radius 3 is 2.50 bits per heavy atom. The summed E-state index contributed by atoms with van der Waals surface area (Å²) in [7, 11) is 0. The van der Waals surface area contributed by atoms with E-state index in [1.807, 2.05) is 0 Å². The van der Waals surface area contributed by atoms with Gasteiger partial charge in [-0.05, 0) is 44.6 Å². The second-order valence-electron chi connectivity index (χ2n) is 6.21. The molecule has 2 nitrogen and oxygen atoms in total. The van der Waals surface area contributed by atoms with Crippen molar-refractivity contribution in [3.05, 3.63) is 0 Å². The van der Waals surface area contributed by atoms with Crippen LogP contribution >= 0.6 is 0 Å². The summed E-state index contributed by atoms with van der Waals surface area (Å²) in [6, 6.07) is 0.619. The van der Waals surface area contributed by atoms with E-state index in [9.17, 15) is 0 Å². The second-order valence-corrected chi connectivity index (χ2v) is 6.21. The summed E-state index contributed by atoms with van der Waals surface area (Å²) in [5.74, 6) is 0.957. The first kappa shape index (κ1) is 14.3. The Morgan fingerprint density at radius 2 is 1.83 bits per heavy atom. The zero-order valence-electron chi connectivity index (χ0n) is 12.1. The molecule has 0 aromatic carbocycles. The topological polar surface area (TPSA) is 21.3 Å². The van der Waals surface area contributed by atoms with Crippen LogP contribution in [0.2, 0.25) is 0 Å². The first-order valence-corrected chi connectivity index (χ1v) is 8.25. The highest BCUT2D eigenvalue weighted by Gasteiger charge is 2.27. The van der Waals surface area contributed by atoms with E-state index in [-0.39, 0.29) is 0 Å². The van der Waals surface area contributed by atoms with E-state index in [0.717, 1.165) is 19.1 Å². The fourth-order valence-corrected chi connectivity index (χ4v) is 3.56. The van der Waals surface area contributed by atoms with Crippen molar-refractivity contribution >= 4 is 0 Å². The van der Waals surface area contributed by atoms with E-state index in [4.69, 9.17) is 4.74 Å². The zero-order chi connectivity index (χ0) is 12.6. The third kappa shape index (κ3) is 4.55. The monoisotopic (exact) mass is 253 g/mol. The number of hydrogen-bond donors (Lipinski definition) is 1. The predicted molar refractivity (Wildman–Crippen MR) is 76.9 cm³/mol. The molecule has 2 unspecified atom stereocenters. The summed E-state index contributed by atoms with van der Waals surface area (Å²) in [5, 5.41) is 3.76. The fourth-order valence-electron chi connectivity index (χ4n) is 3.56. The van der Waals surface area contributed by atoms with Crippen molar-refractivity contribution < 1.29 is 4.74 Å². The van der Waals surface area contributed by atoms with Crippen molar-refractivity contribution in [2.24, 2.45) is 5.92 Å². The summed E-state index contributed by atoms with van der Waals surface area (Å²) in [6.07, 6.45) is 14.3. The van der Waals surface area contributed by atoms with Crippen LogP contribution < -0.4 is 5.32 Å². The van der Waals surface area contributed by atoms with Crippen LogP contribution in [0.3, 0.4) is 0 Å². The molecule has 1 N–H and O–H groups in total. The summed E-state index contributed by atoms with van der Waals surface area (Å²) in [6.45, 7) is 4.39. The van der Waals surface area contributed by atoms with Gasteiger partial charge in [-0.15, -0.1) is 0 Å². The van der Waals surface area contributed by atoms with Gasteiger partial charge in [-0.1, -0.05) is 39.0 Å². The molecular formula is C16H31NO. The zero-order valence-corrected chi connectivity index (χ0v) is 12.1. The molecule has 1 heterocycles. The number of nitrogens with one attached hydrogen (secondary N) is 1. The Kier molecular flexibility index (Phi) is 6.50. The standard InChI is InChI=1S/C16H31NO/c1-2-11-17-15(16-10-6-7-12-18-16)13-14-8-4-3-5-9-14/h14-17H,2-13H2,1H3. The van der Waals surface area contributed by atoms with Crippen molar-refractivity contribution in [2.45, 2.75) is 83.3 Å². The van der Waals surface area contributed by atoms with Gasteiger partial charge < -0.3 is 10.1 Å². The molecule has 0 aromatic heterocycles.